The SMILES string of the molecule is Cc1ccc(-c2cc3c(-c4ccc(C(C)(C)C)cc4)cccc3[cH-]2)o1.Cc1ccc(-c2cc3c(-c4ccc(C(C)(C)C)cc4)cccc3[cH-]2)o1.[Zr+2]. The molecule has 0 aliphatic carbocycles. The summed E-state index contributed by atoms with van der Waals surface area (Å²) in [7, 11) is 0. The second-order valence-corrected chi connectivity index (χ2v) is 15.6. The number of benzene rings is 4. The third-order valence-electron chi connectivity index (χ3n) is 9.68. The monoisotopic (exact) mass is 744 g/mol. The molecule has 3 heteroatoms. The second kappa shape index (κ2) is 14.3. The Labute approximate surface area is 322 Å². The van der Waals surface area contributed by atoms with Crippen molar-refractivity contribution in [1.82, 2.24) is 0 Å². The quantitative estimate of drug-likeness (QED) is 0.168. The minimum absolute atomic E-state index is 0. The Bertz CT molecular complexity index is 2220. The largest absolute Gasteiger partial charge is 2.00 e. The van der Waals surface area contributed by atoms with Crippen LogP contribution in [-0.2, 0) is 37.0 Å². The summed E-state index contributed by atoms with van der Waals surface area (Å²) in [6.07, 6.45) is 0. The van der Waals surface area contributed by atoms with E-state index in [1.807, 2.05) is 38.1 Å². The van der Waals surface area contributed by atoms with E-state index in [2.05, 4.69) is 151 Å². The number of hydrogen-bond donors (Lipinski definition) is 0. The van der Waals surface area contributed by atoms with Crippen molar-refractivity contribution in [2.24, 2.45) is 0 Å². The van der Waals surface area contributed by atoms with E-state index in [-0.39, 0.29) is 37.0 Å². The van der Waals surface area contributed by atoms with Crippen LogP contribution in [0.4, 0.5) is 0 Å². The van der Waals surface area contributed by atoms with Crippen LogP contribution in [0, 0.1) is 13.8 Å². The van der Waals surface area contributed by atoms with E-state index in [1.54, 1.807) is 0 Å². The molecule has 2 nitrogen and oxygen atoms in total. The van der Waals surface area contributed by atoms with E-state index in [9.17, 15) is 0 Å². The predicted octanol–water partition coefficient (Wildman–Crippen LogP) is 14.2. The van der Waals surface area contributed by atoms with Crippen LogP contribution >= 0.6 is 0 Å². The van der Waals surface area contributed by atoms with Gasteiger partial charge < -0.3 is 8.83 Å². The van der Waals surface area contributed by atoms with Crippen molar-refractivity contribution in [3.63, 3.8) is 0 Å². The molecule has 0 N–H and O–H groups in total. The predicted molar refractivity (Wildman–Crippen MR) is 212 cm³/mol. The normalized spacial score (nSPS) is 11.8. The maximum absolute atomic E-state index is 5.80. The first-order chi connectivity index (χ1) is 23.8. The number of fused-ring (bicyclic) bond motifs is 2. The molecule has 2 aromatic heterocycles. The van der Waals surface area contributed by atoms with Crippen molar-refractivity contribution >= 4 is 21.5 Å². The zero-order valence-electron chi connectivity index (χ0n) is 31.0. The Morgan fingerprint density at radius 1 is 0.451 bits per heavy atom. The van der Waals surface area contributed by atoms with E-state index < -0.39 is 0 Å². The minimum Gasteiger partial charge on any atom is -0.496 e. The molecule has 0 aliphatic rings. The maximum Gasteiger partial charge on any atom is 2.00 e. The summed E-state index contributed by atoms with van der Waals surface area (Å²) in [5.74, 6) is 3.75. The molecule has 0 aliphatic heterocycles. The van der Waals surface area contributed by atoms with Crippen LogP contribution in [-0.4, -0.2) is 0 Å². The number of furan rings is 2. The number of aryl methyl sites for hydroxylation is 2. The molecule has 0 unspecified atom stereocenters. The molecule has 0 atom stereocenters. The Balaban J connectivity index is 0.000000172. The van der Waals surface area contributed by atoms with Crippen molar-refractivity contribution in [1.29, 1.82) is 0 Å². The molecular weight excluding hydrogens is 700 g/mol. The first-order valence-corrected chi connectivity index (χ1v) is 17.6. The van der Waals surface area contributed by atoms with Gasteiger partial charge >= 0.3 is 26.2 Å². The van der Waals surface area contributed by atoms with Crippen LogP contribution in [0.2, 0.25) is 0 Å². The third-order valence-corrected chi connectivity index (χ3v) is 9.68. The van der Waals surface area contributed by atoms with Crippen molar-refractivity contribution in [2.75, 3.05) is 0 Å². The molecular formula is C48H46O2Zr. The van der Waals surface area contributed by atoms with Gasteiger partial charge in [0.1, 0.15) is 0 Å². The molecule has 0 spiro atoms. The van der Waals surface area contributed by atoms with E-state index in [1.165, 1.54) is 54.9 Å². The zero-order valence-corrected chi connectivity index (χ0v) is 33.5. The van der Waals surface area contributed by atoms with Gasteiger partial charge in [-0.2, -0.15) is 0 Å². The average molecular weight is 746 g/mol. The fourth-order valence-corrected chi connectivity index (χ4v) is 6.74. The molecule has 2 heterocycles. The fourth-order valence-electron chi connectivity index (χ4n) is 6.74. The summed E-state index contributed by atoms with van der Waals surface area (Å²) in [6, 6.07) is 47.9. The molecule has 0 radical (unpaired) electrons. The summed E-state index contributed by atoms with van der Waals surface area (Å²) in [6.45, 7) is 17.4. The van der Waals surface area contributed by atoms with Gasteiger partial charge in [0.15, 0.2) is 0 Å². The van der Waals surface area contributed by atoms with Gasteiger partial charge in [-0.15, -0.1) is 57.9 Å². The standard InChI is InChI=1S/2C24H23O.Zr/c2*1-16-8-13-23(25-16)19-14-18-6-5-7-21(22(18)15-19)17-9-11-20(12-10-17)24(2,3)4;/h2*5-15H,1-4H3;/q2*-1;+2. The average Bonchev–Trinajstić information content (AvgIpc) is 3.90. The second-order valence-electron chi connectivity index (χ2n) is 15.6. The molecule has 0 bridgehead atoms. The Kier molecular flexibility index (Phi) is 10.2. The molecule has 8 aromatic rings. The molecule has 8 rings (SSSR count). The summed E-state index contributed by atoms with van der Waals surface area (Å²) in [5.41, 5.74) is 10.4. The Hall–Kier alpha value is -4.46. The summed E-state index contributed by atoms with van der Waals surface area (Å²) in [5, 5.41) is 5.05. The summed E-state index contributed by atoms with van der Waals surface area (Å²) >= 11 is 0. The van der Waals surface area contributed by atoms with Crippen molar-refractivity contribution in [3.05, 3.63) is 156 Å². The maximum atomic E-state index is 5.80. The summed E-state index contributed by atoms with van der Waals surface area (Å²) in [4.78, 5) is 0. The zero-order chi connectivity index (χ0) is 35.2. The molecule has 6 aromatic carbocycles. The van der Waals surface area contributed by atoms with E-state index in [0.29, 0.717) is 0 Å². The van der Waals surface area contributed by atoms with E-state index in [4.69, 9.17) is 8.83 Å². The Morgan fingerprint density at radius 3 is 1.14 bits per heavy atom. The van der Waals surface area contributed by atoms with Gasteiger partial charge in [-0.05, 0) is 71.2 Å². The number of hydrogen-bond acceptors (Lipinski definition) is 2. The van der Waals surface area contributed by atoms with Gasteiger partial charge in [-0.25, -0.2) is 0 Å². The summed E-state index contributed by atoms with van der Waals surface area (Å²) < 4.78 is 11.6. The van der Waals surface area contributed by atoms with Gasteiger partial charge in [0.05, 0.1) is 23.0 Å². The minimum atomic E-state index is 0. The molecule has 0 amide bonds. The molecule has 0 saturated carbocycles. The molecule has 0 saturated heterocycles. The van der Waals surface area contributed by atoms with Crippen LogP contribution in [0.3, 0.4) is 0 Å². The third kappa shape index (κ3) is 7.75. The van der Waals surface area contributed by atoms with Crippen LogP contribution in [0.15, 0.2) is 142 Å². The van der Waals surface area contributed by atoms with Gasteiger partial charge in [0.25, 0.3) is 0 Å². The first kappa shape index (κ1) is 36.3. The van der Waals surface area contributed by atoms with Crippen molar-refractivity contribution < 1.29 is 35.0 Å². The number of rotatable bonds is 4. The Morgan fingerprint density at radius 2 is 0.824 bits per heavy atom. The smallest absolute Gasteiger partial charge is 0.496 e. The van der Waals surface area contributed by atoms with Gasteiger partial charge in [0.2, 0.25) is 0 Å². The van der Waals surface area contributed by atoms with Crippen LogP contribution < -0.4 is 0 Å². The van der Waals surface area contributed by atoms with Crippen molar-refractivity contribution in [3.8, 4) is 44.9 Å². The molecule has 254 valence electrons. The fraction of sp³-hybridized carbons (Fsp3) is 0.208. The molecule has 0 fully saturated rings. The van der Waals surface area contributed by atoms with Crippen LogP contribution in [0.25, 0.3) is 66.4 Å². The van der Waals surface area contributed by atoms with Crippen LogP contribution in [0.1, 0.15) is 64.2 Å². The van der Waals surface area contributed by atoms with E-state index >= 15 is 0 Å². The van der Waals surface area contributed by atoms with Gasteiger partial charge in [-0.1, -0.05) is 137 Å². The van der Waals surface area contributed by atoms with Crippen LogP contribution in [0.5, 0.6) is 0 Å². The van der Waals surface area contributed by atoms with Crippen molar-refractivity contribution in [2.45, 2.75) is 66.2 Å². The topological polar surface area (TPSA) is 26.3 Å². The molecule has 51 heavy (non-hydrogen) atoms. The van der Waals surface area contributed by atoms with Gasteiger partial charge in [-0.3, -0.25) is 0 Å². The first-order valence-electron chi connectivity index (χ1n) is 17.6. The van der Waals surface area contributed by atoms with E-state index in [0.717, 1.165) is 34.2 Å². The van der Waals surface area contributed by atoms with Gasteiger partial charge in [0, 0.05) is 0 Å².